The third-order valence-corrected chi connectivity index (χ3v) is 4.93. The topological polar surface area (TPSA) is 89.0 Å². The Morgan fingerprint density at radius 1 is 1.23 bits per heavy atom. The smallest absolute Gasteiger partial charge is 0.296 e. The number of benzene rings is 1. The number of amides is 1. The Labute approximate surface area is 126 Å². The van der Waals surface area contributed by atoms with E-state index < -0.39 is 33.0 Å². The minimum Gasteiger partial charge on any atom is -0.296 e. The van der Waals surface area contributed by atoms with Crippen molar-refractivity contribution in [1.29, 1.82) is 0 Å². The van der Waals surface area contributed by atoms with Gasteiger partial charge in [-0.15, -0.1) is 10.2 Å². The molecule has 1 aromatic carbocycles. The second kappa shape index (κ2) is 5.65. The zero-order valence-corrected chi connectivity index (χ0v) is 12.5. The van der Waals surface area contributed by atoms with Crippen molar-refractivity contribution in [3.8, 4) is 0 Å². The number of nitrogens with zero attached hydrogens (tertiary/aromatic N) is 2. The van der Waals surface area contributed by atoms with Gasteiger partial charge in [0.05, 0.1) is 11.1 Å². The minimum absolute atomic E-state index is 0.206. The summed E-state index contributed by atoms with van der Waals surface area (Å²) in [6.45, 7) is 0. The summed E-state index contributed by atoms with van der Waals surface area (Å²) in [6.07, 6.45) is -3.79. The van der Waals surface area contributed by atoms with Gasteiger partial charge in [0.1, 0.15) is 0 Å². The van der Waals surface area contributed by atoms with Crippen molar-refractivity contribution in [2.45, 2.75) is 10.5 Å². The maximum atomic E-state index is 12.8. The van der Waals surface area contributed by atoms with Gasteiger partial charge in [-0.05, 0) is 12.1 Å². The van der Waals surface area contributed by atoms with Crippen LogP contribution < -0.4 is 5.32 Å². The molecule has 0 unspecified atom stereocenters. The molecule has 0 aliphatic heterocycles. The molecule has 2 aromatic rings. The Kier molecular flexibility index (Phi) is 4.20. The molecule has 0 spiro atoms. The normalized spacial score (nSPS) is 12.2. The first-order valence-electron chi connectivity index (χ1n) is 5.60. The molecule has 22 heavy (non-hydrogen) atoms. The molecule has 1 aromatic heterocycles. The Hall–Kier alpha value is -2.01. The van der Waals surface area contributed by atoms with Gasteiger partial charge in [0.15, 0.2) is 0 Å². The molecular weight excluding hydrogens is 343 g/mol. The lowest BCUT2D eigenvalue weighted by molar-refractivity contribution is -0.137. The van der Waals surface area contributed by atoms with Crippen LogP contribution >= 0.6 is 11.3 Å². The van der Waals surface area contributed by atoms with Crippen LogP contribution in [0.1, 0.15) is 15.9 Å². The highest BCUT2D eigenvalue weighted by atomic mass is 32.2. The molecule has 6 nitrogen and oxygen atoms in total. The molecule has 0 radical (unpaired) electrons. The van der Waals surface area contributed by atoms with E-state index in [1.165, 1.54) is 6.07 Å². The van der Waals surface area contributed by atoms with E-state index in [2.05, 4.69) is 15.5 Å². The quantitative estimate of drug-likeness (QED) is 0.857. The fraction of sp³-hybridized carbons (Fsp3) is 0.182. The van der Waals surface area contributed by atoms with E-state index in [1.54, 1.807) is 0 Å². The Balaban J connectivity index is 2.29. The van der Waals surface area contributed by atoms with Crippen LogP contribution in [0.25, 0.3) is 0 Å². The summed E-state index contributed by atoms with van der Waals surface area (Å²) < 4.78 is 60.6. The van der Waals surface area contributed by atoms with Crippen LogP contribution in [-0.4, -0.2) is 30.8 Å². The minimum atomic E-state index is -4.69. The molecule has 1 amide bonds. The first-order chi connectivity index (χ1) is 10.1. The number of carbonyl (C=O) groups is 1. The number of carbonyl (C=O) groups excluding carboxylic acids is 1. The third kappa shape index (κ3) is 3.60. The highest BCUT2D eigenvalue weighted by molar-refractivity contribution is 7.92. The fourth-order valence-corrected chi connectivity index (χ4v) is 3.01. The number of rotatable bonds is 3. The van der Waals surface area contributed by atoms with Crippen molar-refractivity contribution in [2.75, 3.05) is 11.6 Å². The van der Waals surface area contributed by atoms with Gasteiger partial charge in [0.25, 0.3) is 5.91 Å². The molecule has 0 fully saturated rings. The molecule has 0 aliphatic rings. The van der Waals surface area contributed by atoms with Crippen LogP contribution in [-0.2, 0) is 16.0 Å². The highest BCUT2D eigenvalue weighted by Gasteiger charge is 2.35. The molecule has 0 aliphatic carbocycles. The first-order valence-corrected chi connectivity index (χ1v) is 8.31. The first kappa shape index (κ1) is 16.4. The van der Waals surface area contributed by atoms with Crippen molar-refractivity contribution < 1.29 is 26.4 Å². The number of nitrogens with one attached hydrogen (secondary N) is 1. The summed E-state index contributed by atoms with van der Waals surface area (Å²) in [4.78, 5) is 11.9. The Morgan fingerprint density at radius 2 is 1.86 bits per heavy atom. The molecule has 0 bridgehead atoms. The predicted molar refractivity (Wildman–Crippen MR) is 72.4 cm³/mol. The van der Waals surface area contributed by atoms with Crippen LogP contribution in [0.2, 0.25) is 0 Å². The molecule has 0 saturated carbocycles. The van der Waals surface area contributed by atoms with Crippen molar-refractivity contribution in [1.82, 2.24) is 10.2 Å². The van der Waals surface area contributed by atoms with E-state index in [-0.39, 0.29) is 9.47 Å². The van der Waals surface area contributed by atoms with E-state index in [1.807, 2.05) is 0 Å². The predicted octanol–water partition coefficient (Wildman–Crippen LogP) is 2.21. The number of halogens is 3. The average Bonchev–Trinajstić information content (AvgIpc) is 2.86. The van der Waals surface area contributed by atoms with Gasteiger partial charge in [0, 0.05) is 6.26 Å². The number of hydrogen-bond donors (Lipinski definition) is 1. The molecule has 11 heteroatoms. The lowest BCUT2D eigenvalue weighted by Gasteiger charge is -2.11. The summed E-state index contributed by atoms with van der Waals surface area (Å²) in [6, 6.07) is 4.23. The van der Waals surface area contributed by atoms with Crippen LogP contribution in [0.4, 0.5) is 18.3 Å². The molecule has 0 saturated heterocycles. The van der Waals surface area contributed by atoms with Crippen molar-refractivity contribution >= 4 is 32.2 Å². The molecule has 2 rings (SSSR count). The number of hydrogen-bond acceptors (Lipinski definition) is 6. The zero-order valence-electron chi connectivity index (χ0n) is 10.9. The van der Waals surface area contributed by atoms with Crippen molar-refractivity contribution in [3.63, 3.8) is 0 Å². The Bertz CT molecular complexity index is 815. The van der Waals surface area contributed by atoms with Gasteiger partial charge < -0.3 is 0 Å². The number of alkyl halides is 3. The summed E-state index contributed by atoms with van der Waals surface area (Å²) in [5, 5.41) is 8.66. The van der Waals surface area contributed by atoms with Crippen LogP contribution in [0.3, 0.4) is 0 Å². The summed E-state index contributed by atoms with van der Waals surface area (Å²) in [5.74, 6) is -1.05. The fourth-order valence-electron chi connectivity index (χ4n) is 1.50. The van der Waals surface area contributed by atoms with E-state index in [4.69, 9.17) is 0 Å². The molecule has 118 valence electrons. The van der Waals surface area contributed by atoms with Crippen LogP contribution in [0.5, 0.6) is 0 Å². The van der Waals surface area contributed by atoms with E-state index in [9.17, 15) is 26.4 Å². The molecule has 0 atom stereocenters. The molecule has 1 heterocycles. The zero-order chi connectivity index (χ0) is 16.5. The highest BCUT2D eigenvalue weighted by Crippen LogP contribution is 2.32. The number of anilines is 1. The van der Waals surface area contributed by atoms with Gasteiger partial charge in [-0.2, -0.15) is 13.2 Å². The summed E-state index contributed by atoms with van der Waals surface area (Å²) in [7, 11) is -3.60. The lowest BCUT2D eigenvalue weighted by Crippen LogP contribution is -2.18. The van der Waals surface area contributed by atoms with E-state index in [0.717, 1.165) is 24.5 Å². The van der Waals surface area contributed by atoms with Gasteiger partial charge >= 0.3 is 6.18 Å². The maximum Gasteiger partial charge on any atom is 0.417 e. The average molecular weight is 351 g/mol. The van der Waals surface area contributed by atoms with Gasteiger partial charge in [-0.25, -0.2) is 8.42 Å². The largest absolute Gasteiger partial charge is 0.417 e. The summed E-state index contributed by atoms with van der Waals surface area (Å²) in [5.41, 5.74) is -1.69. The second-order valence-electron chi connectivity index (χ2n) is 4.14. The molecular formula is C11H8F3N3O3S2. The van der Waals surface area contributed by atoms with E-state index >= 15 is 0 Å². The maximum absolute atomic E-state index is 12.8. The number of aromatic nitrogens is 2. The van der Waals surface area contributed by atoms with E-state index in [0.29, 0.717) is 11.3 Å². The standard InChI is InChI=1S/C11H8F3N3O3S2/c1-22(19,20)10-17-16-9(21-10)15-8(18)6-4-2-3-5-7(6)11(12,13)14/h2-5H,1H3,(H,15,16,18). The number of sulfone groups is 1. The Morgan fingerprint density at radius 3 is 2.41 bits per heavy atom. The van der Waals surface area contributed by atoms with Gasteiger partial charge in [-0.1, -0.05) is 23.5 Å². The van der Waals surface area contributed by atoms with Gasteiger partial charge in [0.2, 0.25) is 19.3 Å². The second-order valence-corrected chi connectivity index (χ2v) is 7.31. The monoisotopic (exact) mass is 351 g/mol. The van der Waals surface area contributed by atoms with Crippen LogP contribution in [0.15, 0.2) is 28.6 Å². The molecule has 1 N–H and O–H groups in total. The third-order valence-electron chi connectivity index (χ3n) is 2.42. The SMILES string of the molecule is CS(=O)(=O)c1nnc(NC(=O)c2ccccc2C(F)(F)F)s1. The summed E-state index contributed by atoms with van der Waals surface area (Å²) >= 11 is 0.553. The van der Waals surface area contributed by atoms with Crippen molar-refractivity contribution in [2.24, 2.45) is 0 Å². The lowest BCUT2D eigenvalue weighted by atomic mass is 10.1. The van der Waals surface area contributed by atoms with Crippen LogP contribution in [0, 0.1) is 0 Å². The van der Waals surface area contributed by atoms with Gasteiger partial charge in [-0.3, -0.25) is 10.1 Å². The van der Waals surface area contributed by atoms with Crippen molar-refractivity contribution in [3.05, 3.63) is 35.4 Å².